The highest BCUT2D eigenvalue weighted by Gasteiger charge is 2.33. The van der Waals surface area contributed by atoms with Gasteiger partial charge < -0.3 is 16.0 Å². The third kappa shape index (κ3) is 8.08. The molecule has 3 N–H and O–H groups in total. The first-order chi connectivity index (χ1) is 19.2. The van der Waals surface area contributed by atoms with E-state index < -0.39 is 29.5 Å². The smallest absolute Gasteiger partial charge is 0.325 e. The highest BCUT2D eigenvalue weighted by Crippen LogP contribution is 2.34. The van der Waals surface area contributed by atoms with Crippen molar-refractivity contribution in [2.75, 3.05) is 16.4 Å². The minimum Gasteiger partial charge on any atom is -0.325 e. The highest BCUT2D eigenvalue weighted by molar-refractivity contribution is 8.00. The quantitative estimate of drug-likeness (QED) is 0.148. The van der Waals surface area contributed by atoms with Crippen molar-refractivity contribution >= 4 is 58.3 Å². The van der Waals surface area contributed by atoms with Gasteiger partial charge in [0.05, 0.1) is 17.0 Å². The van der Waals surface area contributed by atoms with E-state index in [1.807, 2.05) is 16.8 Å². The van der Waals surface area contributed by atoms with E-state index in [0.717, 1.165) is 23.4 Å². The number of para-hydroxylation sites is 1. The van der Waals surface area contributed by atoms with Gasteiger partial charge in [-0.15, -0.1) is 11.8 Å². The minimum atomic E-state index is -4.58. The van der Waals surface area contributed by atoms with E-state index in [0.29, 0.717) is 16.1 Å². The number of alkyl halides is 3. The van der Waals surface area contributed by atoms with Crippen LogP contribution in [0, 0.1) is 0 Å². The predicted octanol–water partition coefficient (Wildman–Crippen LogP) is 6.91. The van der Waals surface area contributed by atoms with E-state index in [4.69, 9.17) is 0 Å². The number of carbonyl (C=O) groups is 3. The number of halogens is 3. The number of thiophene rings is 1. The average Bonchev–Trinajstić information content (AvgIpc) is 3.46. The van der Waals surface area contributed by atoms with E-state index in [9.17, 15) is 27.6 Å². The molecule has 1 heterocycles. The second-order valence-corrected chi connectivity index (χ2v) is 10.1. The predicted molar refractivity (Wildman–Crippen MR) is 152 cm³/mol. The van der Waals surface area contributed by atoms with Crippen molar-refractivity contribution in [1.29, 1.82) is 0 Å². The normalized spacial score (nSPS) is 11.5. The Morgan fingerprint density at radius 2 is 1.55 bits per heavy atom. The Morgan fingerprint density at radius 1 is 0.850 bits per heavy atom. The second kappa shape index (κ2) is 13.1. The molecule has 0 bridgehead atoms. The maximum Gasteiger partial charge on any atom is 0.418 e. The lowest BCUT2D eigenvalue weighted by Crippen LogP contribution is -2.30. The van der Waals surface area contributed by atoms with Crippen LogP contribution in [0.3, 0.4) is 0 Å². The summed E-state index contributed by atoms with van der Waals surface area (Å²) in [6, 6.07) is 21.7. The summed E-state index contributed by atoms with van der Waals surface area (Å²) in [5.74, 6) is -1.66. The van der Waals surface area contributed by atoms with Gasteiger partial charge in [-0.05, 0) is 77.0 Å². The summed E-state index contributed by atoms with van der Waals surface area (Å²) in [6.45, 7) is 0. The highest BCUT2D eigenvalue weighted by atomic mass is 32.2. The number of benzene rings is 3. The third-order valence-corrected chi connectivity index (χ3v) is 7.09. The van der Waals surface area contributed by atoms with Gasteiger partial charge in [0.1, 0.15) is 5.70 Å². The molecule has 1 aromatic heterocycles. The summed E-state index contributed by atoms with van der Waals surface area (Å²) in [6.07, 6.45) is -3.01. The van der Waals surface area contributed by atoms with E-state index in [2.05, 4.69) is 16.0 Å². The molecule has 0 aliphatic rings. The first kappa shape index (κ1) is 28.7. The van der Waals surface area contributed by atoms with Crippen LogP contribution in [0.25, 0.3) is 6.08 Å². The molecule has 204 valence electrons. The molecule has 6 nitrogen and oxygen atoms in total. The number of anilines is 2. The molecule has 40 heavy (non-hydrogen) atoms. The fourth-order valence-corrected chi connectivity index (χ4v) is 4.79. The van der Waals surface area contributed by atoms with E-state index in [1.165, 1.54) is 29.5 Å². The Hall–Kier alpha value is -4.35. The van der Waals surface area contributed by atoms with E-state index in [1.54, 1.807) is 60.7 Å². The molecule has 4 aromatic rings. The summed E-state index contributed by atoms with van der Waals surface area (Å²) in [7, 11) is 0. The number of thioether (sulfide) groups is 1. The van der Waals surface area contributed by atoms with Crippen LogP contribution in [-0.2, 0) is 15.8 Å². The Labute approximate surface area is 236 Å². The van der Waals surface area contributed by atoms with Crippen LogP contribution in [0.5, 0.6) is 0 Å². The first-order valence-electron chi connectivity index (χ1n) is 11.8. The zero-order valence-corrected chi connectivity index (χ0v) is 22.3. The van der Waals surface area contributed by atoms with Gasteiger partial charge in [0.15, 0.2) is 0 Å². The fraction of sp³-hybridized carbons (Fsp3) is 0.0690. The maximum atomic E-state index is 13.2. The summed E-state index contributed by atoms with van der Waals surface area (Å²) in [4.78, 5) is 38.7. The zero-order chi connectivity index (χ0) is 28.5. The largest absolute Gasteiger partial charge is 0.418 e. The number of carbonyl (C=O) groups excluding carboxylic acids is 3. The van der Waals surface area contributed by atoms with Crippen LogP contribution in [-0.4, -0.2) is 23.5 Å². The van der Waals surface area contributed by atoms with Crippen molar-refractivity contribution in [3.05, 3.63) is 118 Å². The van der Waals surface area contributed by atoms with Gasteiger partial charge in [0.2, 0.25) is 5.91 Å². The molecule has 0 aliphatic heterocycles. The van der Waals surface area contributed by atoms with E-state index >= 15 is 0 Å². The average molecular weight is 582 g/mol. The fourth-order valence-electron chi connectivity index (χ4n) is 3.47. The molecule has 4 rings (SSSR count). The van der Waals surface area contributed by atoms with Gasteiger partial charge in [-0.25, -0.2) is 0 Å². The summed E-state index contributed by atoms with van der Waals surface area (Å²) in [5.41, 5.74) is 0.444. The first-order valence-corrected chi connectivity index (χ1v) is 13.7. The lowest BCUT2D eigenvalue weighted by molar-refractivity contribution is -0.137. The summed E-state index contributed by atoms with van der Waals surface area (Å²) < 4.78 is 39.5. The number of hydrogen-bond donors (Lipinski definition) is 3. The van der Waals surface area contributed by atoms with Crippen molar-refractivity contribution in [1.82, 2.24) is 5.32 Å². The Morgan fingerprint density at radius 3 is 2.23 bits per heavy atom. The van der Waals surface area contributed by atoms with Crippen LogP contribution >= 0.6 is 23.1 Å². The van der Waals surface area contributed by atoms with Crippen molar-refractivity contribution < 1.29 is 27.6 Å². The molecule has 0 atom stereocenters. The monoisotopic (exact) mass is 581 g/mol. The van der Waals surface area contributed by atoms with Gasteiger partial charge in [-0.2, -0.15) is 24.5 Å². The van der Waals surface area contributed by atoms with Crippen molar-refractivity contribution in [3.63, 3.8) is 0 Å². The lowest BCUT2D eigenvalue weighted by atomic mass is 10.1. The third-order valence-electron chi connectivity index (χ3n) is 5.37. The molecular formula is C29H22F3N3O3S2. The molecule has 0 radical (unpaired) electrons. The summed E-state index contributed by atoms with van der Waals surface area (Å²) >= 11 is 2.58. The van der Waals surface area contributed by atoms with Gasteiger partial charge in [0.25, 0.3) is 11.8 Å². The van der Waals surface area contributed by atoms with Crippen molar-refractivity contribution in [2.45, 2.75) is 11.1 Å². The van der Waals surface area contributed by atoms with Crippen LogP contribution < -0.4 is 16.0 Å². The molecule has 0 spiro atoms. The standard InChI is InChI=1S/C29H22F3N3O3S2/c30-29(31,32)23-8-4-5-9-24(23)34-26(36)18-40-22-12-10-21(11-13-22)33-28(38)25(16-19-14-15-39-17-19)35-27(37)20-6-2-1-3-7-20/h1-17H,18H2,(H,33,38)(H,34,36)(H,35,37)/b25-16-. The van der Waals surface area contributed by atoms with Gasteiger partial charge in [-0.3, -0.25) is 14.4 Å². The van der Waals surface area contributed by atoms with Gasteiger partial charge in [0, 0.05) is 16.1 Å². The number of hydrogen-bond acceptors (Lipinski definition) is 5. The van der Waals surface area contributed by atoms with Crippen LogP contribution in [0.1, 0.15) is 21.5 Å². The number of amides is 3. The zero-order valence-electron chi connectivity index (χ0n) is 20.7. The summed E-state index contributed by atoms with van der Waals surface area (Å²) in [5, 5.41) is 11.4. The molecule has 0 aliphatic carbocycles. The second-order valence-electron chi connectivity index (χ2n) is 8.29. The van der Waals surface area contributed by atoms with Crippen LogP contribution in [0.4, 0.5) is 24.5 Å². The topological polar surface area (TPSA) is 87.3 Å². The Balaban J connectivity index is 1.37. The van der Waals surface area contributed by atoms with Gasteiger partial charge in [-0.1, -0.05) is 30.3 Å². The lowest BCUT2D eigenvalue weighted by Gasteiger charge is -2.13. The van der Waals surface area contributed by atoms with Crippen molar-refractivity contribution in [2.24, 2.45) is 0 Å². The molecule has 3 amide bonds. The maximum absolute atomic E-state index is 13.2. The Kier molecular flexibility index (Phi) is 9.41. The molecule has 0 saturated carbocycles. The van der Waals surface area contributed by atoms with Crippen LogP contribution in [0.15, 0.2) is 106 Å². The molecule has 0 fully saturated rings. The van der Waals surface area contributed by atoms with Crippen LogP contribution in [0.2, 0.25) is 0 Å². The molecule has 0 saturated heterocycles. The molecular weight excluding hydrogens is 559 g/mol. The Bertz CT molecular complexity index is 1510. The number of rotatable bonds is 9. The van der Waals surface area contributed by atoms with Crippen molar-refractivity contribution in [3.8, 4) is 0 Å². The molecule has 11 heteroatoms. The number of nitrogens with one attached hydrogen (secondary N) is 3. The SMILES string of the molecule is O=C(CSc1ccc(NC(=O)/C(=C/c2ccsc2)NC(=O)c2ccccc2)cc1)Nc1ccccc1C(F)(F)F. The molecule has 3 aromatic carbocycles. The van der Waals surface area contributed by atoms with E-state index in [-0.39, 0.29) is 17.1 Å². The minimum absolute atomic E-state index is 0.0570. The van der Waals surface area contributed by atoms with Gasteiger partial charge >= 0.3 is 6.18 Å². The molecule has 0 unspecified atom stereocenters.